The van der Waals surface area contributed by atoms with E-state index in [9.17, 15) is 10.2 Å². The van der Waals surface area contributed by atoms with Crippen molar-refractivity contribution >= 4 is 0 Å². The van der Waals surface area contributed by atoms with Crippen molar-refractivity contribution in [2.45, 2.75) is 50.7 Å². The van der Waals surface area contributed by atoms with Gasteiger partial charge in [0.1, 0.15) is 0 Å². The van der Waals surface area contributed by atoms with Crippen LogP contribution in [0.25, 0.3) is 0 Å². The summed E-state index contributed by atoms with van der Waals surface area (Å²) in [6, 6.07) is 0. The van der Waals surface area contributed by atoms with Crippen LogP contribution in [0.2, 0.25) is 0 Å². The molecule has 0 aliphatic heterocycles. The van der Waals surface area contributed by atoms with E-state index in [0.717, 1.165) is 19.0 Å². The number of aliphatic hydroxyl groups excluding tert-OH is 2. The molecule has 3 N–H and O–H groups in total. The number of hydrogen-bond acceptors (Lipinski definition) is 6. The number of nitrogens with one attached hydrogen (secondary N) is 1. The summed E-state index contributed by atoms with van der Waals surface area (Å²) in [5.41, 5.74) is -0.255. The van der Waals surface area contributed by atoms with Crippen molar-refractivity contribution in [3.05, 3.63) is 18.6 Å². The van der Waals surface area contributed by atoms with Gasteiger partial charge in [0.25, 0.3) is 0 Å². The Bertz CT molecular complexity index is 469. The van der Waals surface area contributed by atoms with Gasteiger partial charge in [0.15, 0.2) is 0 Å². The molecule has 1 unspecified atom stereocenters. The van der Waals surface area contributed by atoms with E-state index in [-0.39, 0.29) is 5.41 Å². The normalized spacial score (nSPS) is 31.6. The number of aromatic nitrogens is 2. The molecule has 0 bridgehead atoms. The van der Waals surface area contributed by atoms with Crippen molar-refractivity contribution in [2.75, 3.05) is 19.7 Å². The summed E-state index contributed by atoms with van der Waals surface area (Å²) in [5, 5.41) is 23.5. The minimum Gasteiger partial charge on any atom is -0.476 e. The van der Waals surface area contributed by atoms with Crippen LogP contribution >= 0.6 is 0 Å². The topological polar surface area (TPSA) is 87.5 Å². The molecule has 1 aromatic rings. The number of rotatable bonds is 7. The molecule has 2 aliphatic rings. The third-order valence-corrected chi connectivity index (χ3v) is 5.20. The summed E-state index contributed by atoms with van der Waals surface area (Å²) in [5.74, 6) is 1.25. The van der Waals surface area contributed by atoms with E-state index < -0.39 is 12.2 Å². The molecule has 0 spiro atoms. The molecule has 2 saturated carbocycles. The molecule has 0 amide bonds. The summed E-state index contributed by atoms with van der Waals surface area (Å²) >= 11 is 0. The Morgan fingerprint density at radius 1 is 1.17 bits per heavy atom. The van der Waals surface area contributed by atoms with Crippen LogP contribution in [-0.4, -0.2) is 52.1 Å². The predicted octanol–water partition coefficient (Wildman–Crippen LogP) is 1.14. The Hall–Kier alpha value is -1.24. The van der Waals surface area contributed by atoms with Gasteiger partial charge < -0.3 is 20.3 Å². The molecule has 3 rings (SSSR count). The molecule has 1 aromatic heterocycles. The van der Waals surface area contributed by atoms with Crippen molar-refractivity contribution in [1.29, 1.82) is 0 Å². The first-order valence-electron chi connectivity index (χ1n) is 8.63. The molecule has 0 radical (unpaired) electrons. The number of nitrogens with zero attached hydrogens (tertiary/aromatic N) is 2. The maximum atomic E-state index is 9.98. The predicted molar refractivity (Wildman–Crippen MR) is 86.0 cm³/mol. The van der Waals surface area contributed by atoms with E-state index in [2.05, 4.69) is 15.3 Å². The monoisotopic (exact) mass is 321 g/mol. The summed E-state index contributed by atoms with van der Waals surface area (Å²) in [7, 11) is 0. The SMILES string of the molecule is O[C@@H]1CC(CNCC2CCCC2)(COc2cnccn2)C[C@@H]1O. The van der Waals surface area contributed by atoms with Gasteiger partial charge in [-0.3, -0.25) is 4.98 Å². The summed E-state index contributed by atoms with van der Waals surface area (Å²) in [6.07, 6.45) is 9.83. The summed E-state index contributed by atoms with van der Waals surface area (Å²) in [4.78, 5) is 8.12. The Labute approximate surface area is 137 Å². The molecule has 2 aliphatic carbocycles. The van der Waals surface area contributed by atoms with Crippen LogP contribution in [0, 0.1) is 11.3 Å². The fraction of sp³-hybridized carbons (Fsp3) is 0.765. The molecule has 6 nitrogen and oxygen atoms in total. The van der Waals surface area contributed by atoms with Crippen molar-refractivity contribution in [3.8, 4) is 5.88 Å². The second kappa shape index (κ2) is 7.55. The first kappa shape index (κ1) is 16.6. The van der Waals surface area contributed by atoms with E-state index in [4.69, 9.17) is 4.74 Å². The van der Waals surface area contributed by atoms with Gasteiger partial charge in [-0.2, -0.15) is 0 Å². The number of ether oxygens (including phenoxy) is 1. The lowest BCUT2D eigenvalue weighted by atomic mass is 9.86. The van der Waals surface area contributed by atoms with Gasteiger partial charge in [0, 0.05) is 24.4 Å². The minimum atomic E-state index is -0.672. The van der Waals surface area contributed by atoms with E-state index in [1.165, 1.54) is 25.7 Å². The lowest BCUT2D eigenvalue weighted by molar-refractivity contribution is 0.0438. The van der Waals surface area contributed by atoms with Gasteiger partial charge in [-0.15, -0.1) is 0 Å². The third-order valence-electron chi connectivity index (χ3n) is 5.20. The highest BCUT2D eigenvalue weighted by Crippen LogP contribution is 2.38. The molecule has 128 valence electrons. The number of hydrogen-bond donors (Lipinski definition) is 3. The average molecular weight is 321 g/mol. The van der Waals surface area contributed by atoms with Crippen LogP contribution in [0.5, 0.6) is 5.88 Å². The Morgan fingerprint density at radius 3 is 2.57 bits per heavy atom. The number of aliphatic hydroxyl groups is 2. The van der Waals surface area contributed by atoms with Crippen LogP contribution in [0.3, 0.4) is 0 Å². The maximum absolute atomic E-state index is 9.98. The molecular weight excluding hydrogens is 294 g/mol. The zero-order chi connectivity index (χ0) is 16.1. The van der Waals surface area contributed by atoms with Gasteiger partial charge in [0.05, 0.1) is 25.0 Å². The molecule has 1 heterocycles. The second-order valence-corrected chi connectivity index (χ2v) is 7.16. The first-order valence-corrected chi connectivity index (χ1v) is 8.63. The van der Waals surface area contributed by atoms with Crippen molar-refractivity contribution in [2.24, 2.45) is 11.3 Å². The standard InChI is InChI=1S/C17H27N3O3/c21-14-7-17(8-15(14)22,11-19-9-13-3-1-2-4-13)12-23-16-10-18-5-6-20-16/h5-6,10,13-15,19,21-22H,1-4,7-9,11-12H2/t14-,15+,17?. The van der Waals surface area contributed by atoms with E-state index in [0.29, 0.717) is 25.3 Å². The van der Waals surface area contributed by atoms with Crippen LogP contribution in [0.4, 0.5) is 0 Å². The first-order chi connectivity index (χ1) is 11.2. The van der Waals surface area contributed by atoms with Crippen LogP contribution in [-0.2, 0) is 0 Å². The van der Waals surface area contributed by atoms with Crippen LogP contribution in [0.15, 0.2) is 18.6 Å². The molecule has 6 heteroatoms. The summed E-state index contributed by atoms with van der Waals surface area (Å²) in [6.45, 7) is 2.19. The lowest BCUT2D eigenvalue weighted by Gasteiger charge is -2.29. The van der Waals surface area contributed by atoms with Crippen molar-refractivity contribution in [1.82, 2.24) is 15.3 Å². The Balaban J connectivity index is 1.55. The largest absolute Gasteiger partial charge is 0.476 e. The van der Waals surface area contributed by atoms with E-state index in [1.807, 2.05) is 0 Å². The van der Waals surface area contributed by atoms with Gasteiger partial charge in [-0.1, -0.05) is 12.8 Å². The minimum absolute atomic E-state index is 0.255. The van der Waals surface area contributed by atoms with Gasteiger partial charge in [0.2, 0.25) is 5.88 Å². The fourth-order valence-corrected chi connectivity index (χ4v) is 3.90. The van der Waals surface area contributed by atoms with Crippen LogP contribution in [0.1, 0.15) is 38.5 Å². The lowest BCUT2D eigenvalue weighted by Crippen LogP contribution is -2.39. The van der Waals surface area contributed by atoms with Gasteiger partial charge in [-0.25, -0.2) is 4.98 Å². The summed E-state index contributed by atoms with van der Waals surface area (Å²) < 4.78 is 5.78. The fourth-order valence-electron chi connectivity index (χ4n) is 3.90. The Kier molecular flexibility index (Phi) is 5.46. The van der Waals surface area contributed by atoms with E-state index in [1.54, 1.807) is 18.6 Å². The van der Waals surface area contributed by atoms with Crippen molar-refractivity contribution in [3.63, 3.8) is 0 Å². The zero-order valence-electron chi connectivity index (χ0n) is 13.5. The van der Waals surface area contributed by atoms with Crippen LogP contribution < -0.4 is 10.1 Å². The average Bonchev–Trinajstić information content (AvgIpc) is 3.16. The molecule has 2 fully saturated rings. The second-order valence-electron chi connectivity index (χ2n) is 7.16. The Morgan fingerprint density at radius 2 is 1.91 bits per heavy atom. The molecule has 0 aromatic carbocycles. The third kappa shape index (κ3) is 4.40. The smallest absolute Gasteiger partial charge is 0.232 e. The molecule has 0 saturated heterocycles. The molecule has 3 atom stereocenters. The highest BCUT2D eigenvalue weighted by molar-refractivity contribution is 5.03. The highest BCUT2D eigenvalue weighted by atomic mass is 16.5. The van der Waals surface area contributed by atoms with Crippen molar-refractivity contribution < 1.29 is 14.9 Å². The van der Waals surface area contributed by atoms with Gasteiger partial charge in [-0.05, 0) is 38.1 Å². The maximum Gasteiger partial charge on any atom is 0.232 e. The van der Waals surface area contributed by atoms with Gasteiger partial charge >= 0.3 is 0 Å². The molecular formula is C17H27N3O3. The highest BCUT2D eigenvalue weighted by Gasteiger charge is 2.44. The zero-order valence-corrected chi connectivity index (χ0v) is 13.5. The quantitative estimate of drug-likeness (QED) is 0.698. The molecule has 23 heavy (non-hydrogen) atoms. The van der Waals surface area contributed by atoms with E-state index >= 15 is 0 Å².